The Balaban J connectivity index is 1.58. The Bertz CT molecular complexity index is 710. The molecule has 3 rings (SSSR count). The summed E-state index contributed by atoms with van der Waals surface area (Å²) in [5.41, 5.74) is 2.12. The second-order valence-electron chi connectivity index (χ2n) is 4.67. The standard InChI is InChI=1S/C18H15O3P/c19-16-10-6-14(7-11-16)15-8-12-18(13-9-15)21-22-20-17-4-2-1-3-5-17/h1-13,19,22H. The molecule has 0 aliphatic carbocycles. The van der Waals surface area contributed by atoms with E-state index in [-0.39, 0.29) is 14.8 Å². The van der Waals surface area contributed by atoms with E-state index in [1.165, 1.54) is 0 Å². The summed E-state index contributed by atoms with van der Waals surface area (Å²) in [5, 5.41) is 9.31. The van der Waals surface area contributed by atoms with Crippen molar-refractivity contribution in [3.8, 4) is 28.4 Å². The van der Waals surface area contributed by atoms with Gasteiger partial charge in [-0.25, -0.2) is 0 Å². The van der Waals surface area contributed by atoms with Crippen LogP contribution in [-0.2, 0) is 0 Å². The lowest BCUT2D eigenvalue weighted by molar-refractivity contribution is 0.475. The summed E-state index contributed by atoms with van der Waals surface area (Å²) in [7, 11) is -0.0844. The van der Waals surface area contributed by atoms with Crippen LogP contribution in [0.1, 0.15) is 0 Å². The predicted molar refractivity (Wildman–Crippen MR) is 89.6 cm³/mol. The van der Waals surface area contributed by atoms with Crippen LogP contribution in [0.5, 0.6) is 17.2 Å². The molecule has 22 heavy (non-hydrogen) atoms. The van der Waals surface area contributed by atoms with Crippen molar-refractivity contribution in [3.05, 3.63) is 78.9 Å². The minimum atomic E-state index is -0.0844. The summed E-state index contributed by atoms with van der Waals surface area (Å²) in [6, 6.07) is 24.5. The molecule has 0 aliphatic rings. The van der Waals surface area contributed by atoms with Gasteiger partial charge < -0.3 is 14.2 Å². The maximum absolute atomic E-state index is 9.31. The lowest BCUT2D eigenvalue weighted by Gasteiger charge is -2.08. The first-order valence-electron chi connectivity index (χ1n) is 6.84. The van der Waals surface area contributed by atoms with Gasteiger partial charge in [-0.3, -0.25) is 0 Å². The average Bonchev–Trinajstić information content (AvgIpc) is 2.57. The molecule has 0 saturated carbocycles. The molecule has 0 aromatic heterocycles. The number of para-hydroxylation sites is 1. The van der Waals surface area contributed by atoms with Crippen LogP contribution in [0.25, 0.3) is 11.1 Å². The summed E-state index contributed by atoms with van der Waals surface area (Å²) in [6.07, 6.45) is 0. The van der Waals surface area contributed by atoms with Crippen LogP contribution in [0.15, 0.2) is 78.9 Å². The van der Waals surface area contributed by atoms with Crippen molar-refractivity contribution >= 4 is 9.03 Å². The number of rotatable bonds is 5. The second kappa shape index (κ2) is 6.97. The fourth-order valence-corrected chi connectivity index (χ4v) is 2.48. The molecule has 4 heteroatoms. The van der Waals surface area contributed by atoms with Crippen molar-refractivity contribution in [1.29, 1.82) is 0 Å². The Kier molecular flexibility index (Phi) is 4.57. The SMILES string of the molecule is Oc1ccc(-c2ccc(OPOc3ccccc3)cc2)cc1. The quantitative estimate of drug-likeness (QED) is 0.672. The number of hydrogen-bond donors (Lipinski definition) is 1. The molecule has 0 spiro atoms. The number of phenolic OH excluding ortho intramolecular Hbond substituents is 1. The van der Waals surface area contributed by atoms with Crippen molar-refractivity contribution in [1.82, 2.24) is 0 Å². The smallest absolute Gasteiger partial charge is 0.275 e. The second-order valence-corrected chi connectivity index (χ2v) is 5.25. The first kappa shape index (κ1) is 14.4. The van der Waals surface area contributed by atoms with E-state index in [2.05, 4.69) is 0 Å². The van der Waals surface area contributed by atoms with Gasteiger partial charge in [0.2, 0.25) is 0 Å². The third-order valence-corrected chi connectivity index (χ3v) is 3.76. The third kappa shape index (κ3) is 3.78. The van der Waals surface area contributed by atoms with Crippen LogP contribution in [0.4, 0.5) is 0 Å². The monoisotopic (exact) mass is 310 g/mol. The van der Waals surface area contributed by atoms with E-state index in [4.69, 9.17) is 9.05 Å². The molecule has 1 N–H and O–H groups in total. The van der Waals surface area contributed by atoms with Gasteiger partial charge in [0.05, 0.1) is 0 Å². The fourth-order valence-electron chi connectivity index (χ4n) is 1.97. The molecule has 0 bridgehead atoms. The zero-order chi connectivity index (χ0) is 15.2. The van der Waals surface area contributed by atoms with Crippen molar-refractivity contribution in [2.24, 2.45) is 0 Å². The minimum Gasteiger partial charge on any atom is -0.508 e. The Morgan fingerprint density at radius 3 is 1.68 bits per heavy atom. The number of benzene rings is 3. The van der Waals surface area contributed by atoms with E-state index < -0.39 is 0 Å². The van der Waals surface area contributed by atoms with Gasteiger partial charge in [-0.1, -0.05) is 42.5 Å². The molecule has 0 heterocycles. The summed E-state index contributed by atoms with van der Waals surface area (Å²) >= 11 is 0. The maximum atomic E-state index is 9.31. The molecule has 0 fully saturated rings. The van der Waals surface area contributed by atoms with E-state index in [1.807, 2.05) is 66.7 Å². The van der Waals surface area contributed by atoms with Gasteiger partial charge in [0.25, 0.3) is 9.03 Å². The van der Waals surface area contributed by atoms with Gasteiger partial charge in [0, 0.05) is 0 Å². The Morgan fingerprint density at radius 1 is 0.591 bits per heavy atom. The van der Waals surface area contributed by atoms with Crippen molar-refractivity contribution in [2.75, 3.05) is 0 Å². The zero-order valence-electron chi connectivity index (χ0n) is 11.8. The summed E-state index contributed by atoms with van der Waals surface area (Å²) in [5.74, 6) is 1.82. The summed E-state index contributed by atoms with van der Waals surface area (Å²) in [4.78, 5) is 0. The van der Waals surface area contributed by atoms with Gasteiger partial charge in [0.15, 0.2) is 0 Å². The van der Waals surface area contributed by atoms with Crippen LogP contribution in [0.2, 0.25) is 0 Å². The Hall–Kier alpha value is -2.51. The highest BCUT2D eigenvalue weighted by Gasteiger charge is 2.00. The Labute approximate surface area is 131 Å². The maximum Gasteiger partial charge on any atom is 0.275 e. The minimum absolute atomic E-state index is 0.0844. The predicted octanol–water partition coefficient (Wildman–Crippen LogP) is 5.03. The normalized spacial score (nSPS) is 10.7. The highest BCUT2D eigenvalue weighted by Crippen LogP contribution is 2.28. The van der Waals surface area contributed by atoms with E-state index >= 15 is 0 Å². The van der Waals surface area contributed by atoms with Crippen LogP contribution in [-0.4, -0.2) is 5.11 Å². The van der Waals surface area contributed by atoms with E-state index in [9.17, 15) is 5.11 Å². The van der Waals surface area contributed by atoms with Crippen LogP contribution >= 0.6 is 9.03 Å². The molecule has 0 aliphatic heterocycles. The van der Waals surface area contributed by atoms with Gasteiger partial charge in [-0.05, 0) is 47.5 Å². The van der Waals surface area contributed by atoms with Crippen molar-refractivity contribution in [3.63, 3.8) is 0 Å². The van der Waals surface area contributed by atoms with Crippen molar-refractivity contribution < 1.29 is 14.2 Å². The average molecular weight is 310 g/mol. The molecule has 110 valence electrons. The number of hydrogen-bond acceptors (Lipinski definition) is 3. The van der Waals surface area contributed by atoms with Crippen LogP contribution in [0.3, 0.4) is 0 Å². The molecule has 0 radical (unpaired) electrons. The molecule has 3 nitrogen and oxygen atoms in total. The molecule has 1 unspecified atom stereocenters. The van der Waals surface area contributed by atoms with Crippen LogP contribution < -0.4 is 9.05 Å². The van der Waals surface area contributed by atoms with Crippen molar-refractivity contribution in [2.45, 2.75) is 0 Å². The number of phenols is 1. The molecular formula is C18H15O3P. The largest absolute Gasteiger partial charge is 0.508 e. The molecule has 1 atom stereocenters. The van der Waals surface area contributed by atoms with E-state index in [1.54, 1.807) is 12.1 Å². The highest BCUT2D eigenvalue weighted by molar-refractivity contribution is 7.27. The molecule has 0 saturated heterocycles. The lowest BCUT2D eigenvalue weighted by Crippen LogP contribution is -1.85. The molecule has 0 amide bonds. The van der Waals surface area contributed by atoms with Gasteiger partial charge in [-0.15, -0.1) is 0 Å². The molecular weight excluding hydrogens is 295 g/mol. The Morgan fingerprint density at radius 2 is 1.09 bits per heavy atom. The van der Waals surface area contributed by atoms with Gasteiger partial charge in [-0.2, -0.15) is 0 Å². The highest BCUT2D eigenvalue weighted by atomic mass is 31.1. The van der Waals surface area contributed by atoms with E-state index in [0.717, 1.165) is 22.6 Å². The van der Waals surface area contributed by atoms with Gasteiger partial charge >= 0.3 is 0 Å². The first-order chi connectivity index (χ1) is 10.8. The zero-order valence-corrected chi connectivity index (χ0v) is 12.8. The van der Waals surface area contributed by atoms with Gasteiger partial charge in [0.1, 0.15) is 17.2 Å². The molecule has 3 aromatic rings. The molecule has 3 aromatic carbocycles. The summed E-state index contributed by atoms with van der Waals surface area (Å²) < 4.78 is 11.1. The summed E-state index contributed by atoms with van der Waals surface area (Å²) in [6.45, 7) is 0. The van der Waals surface area contributed by atoms with E-state index in [0.29, 0.717) is 0 Å². The van der Waals surface area contributed by atoms with Crippen LogP contribution in [0, 0.1) is 0 Å². The topological polar surface area (TPSA) is 38.7 Å². The third-order valence-electron chi connectivity index (χ3n) is 3.12. The first-order valence-corrected chi connectivity index (χ1v) is 7.66. The number of aromatic hydroxyl groups is 1. The fraction of sp³-hybridized carbons (Fsp3) is 0. The lowest BCUT2D eigenvalue weighted by atomic mass is 10.1.